The van der Waals surface area contributed by atoms with E-state index in [2.05, 4.69) is 26.7 Å². The van der Waals surface area contributed by atoms with Crippen LogP contribution in [0.15, 0.2) is 72.9 Å². The molecule has 34 heavy (non-hydrogen) atoms. The second-order valence-electron chi connectivity index (χ2n) is 7.87. The highest BCUT2D eigenvalue weighted by Crippen LogP contribution is 2.22. The number of nitrogens with one attached hydrogen (secondary N) is 1. The number of amides is 2. The number of benzene rings is 2. The Kier molecular flexibility index (Phi) is 5.65. The van der Waals surface area contributed by atoms with Gasteiger partial charge in [-0.25, -0.2) is 9.67 Å². The van der Waals surface area contributed by atoms with E-state index in [1.807, 2.05) is 48.5 Å². The van der Waals surface area contributed by atoms with Crippen molar-refractivity contribution in [2.45, 2.75) is 13.0 Å². The van der Waals surface area contributed by atoms with Gasteiger partial charge in [0.05, 0.1) is 17.8 Å². The zero-order valence-electron chi connectivity index (χ0n) is 18.2. The Labute approximate surface area is 194 Å². The number of nitrogens with two attached hydrogens (primary N) is 1. The monoisotopic (exact) mass is 451 g/mol. The van der Waals surface area contributed by atoms with Crippen LogP contribution in [-0.4, -0.2) is 43.3 Å². The molecule has 5 aromatic rings. The maximum atomic E-state index is 12.2. The number of hydrogen-bond donors (Lipinski definition) is 2. The summed E-state index contributed by atoms with van der Waals surface area (Å²) in [5.41, 5.74) is 10.6. The van der Waals surface area contributed by atoms with Crippen LogP contribution in [0.2, 0.25) is 0 Å². The fourth-order valence-electron chi connectivity index (χ4n) is 3.71. The van der Waals surface area contributed by atoms with Crippen molar-refractivity contribution in [2.24, 2.45) is 5.73 Å². The number of nitrogens with zero attached hydrogens (tertiary/aromatic N) is 5. The lowest BCUT2D eigenvalue weighted by Gasteiger charge is -2.07. The molecule has 2 amide bonds. The van der Waals surface area contributed by atoms with Crippen LogP contribution >= 0.6 is 0 Å². The molecule has 0 aliphatic heterocycles. The lowest BCUT2D eigenvalue weighted by atomic mass is 10.1. The Morgan fingerprint density at radius 1 is 0.971 bits per heavy atom. The Balaban J connectivity index is 1.37. The molecule has 3 N–H and O–H groups in total. The highest BCUT2D eigenvalue weighted by Gasteiger charge is 2.11. The third-order valence-corrected chi connectivity index (χ3v) is 5.46. The summed E-state index contributed by atoms with van der Waals surface area (Å²) in [5.74, 6) is -0.715. The molecule has 9 heteroatoms. The smallest absolute Gasteiger partial charge is 0.251 e. The molecule has 0 atom stereocenters. The normalized spacial score (nSPS) is 11.1. The van der Waals surface area contributed by atoms with E-state index >= 15 is 0 Å². The molecule has 0 aliphatic carbocycles. The summed E-state index contributed by atoms with van der Waals surface area (Å²) in [7, 11) is 0. The second kappa shape index (κ2) is 9.07. The number of carbonyl (C=O) groups is 2. The van der Waals surface area contributed by atoms with Crippen molar-refractivity contribution < 1.29 is 9.59 Å². The molecule has 0 saturated heterocycles. The molecule has 9 nitrogen and oxygen atoms in total. The van der Waals surface area contributed by atoms with E-state index in [1.165, 1.54) is 0 Å². The first-order valence-electron chi connectivity index (χ1n) is 10.8. The minimum absolute atomic E-state index is 0.103. The molecule has 168 valence electrons. The third-order valence-electron chi connectivity index (χ3n) is 5.46. The van der Waals surface area contributed by atoms with Crippen molar-refractivity contribution in [3.8, 4) is 11.3 Å². The number of carbonyl (C=O) groups excluding carboxylic acids is 2. The van der Waals surface area contributed by atoms with E-state index in [9.17, 15) is 9.59 Å². The first-order valence-corrected chi connectivity index (χ1v) is 10.8. The van der Waals surface area contributed by atoms with Gasteiger partial charge in [0, 0.05) is 35.7 Å². The predicted octanol–water partition coefficient (Wildman–Crippen LogP) is 2.70. The molecule has 3 aromatic heterocycles. The third kappa shape index (κ3) is 4.44. The van der Waals surface area contributed by atoms with E-state index in [4.69, 9.17) is 10.7 Å². The van der Waals surface area contributed by atoms with E-state index in [1.54, 1.807) is 23.0 Å². The van der Waals surface area contributed by atoms with Gasteiger partial charge in [-0.2, -0.15) is 0 Å². The van der Waals surface area contributed by atoms with E-state index in [0.717, 1.165) is 27.7 Å². The second-order valence-corrected chi connectivity index (χ2v) is 7.87. The number of primary amides is 1. The van der Waals surface area contributed by atoms with Crippen LogP contribution in [0.25, 0.3) is 33.3 Å². The van der Waals surface area contributed by atoms with Crippen molar-refractivity contribution >= 4 is 33.9 Å². The van der Waals surface area contributed by atoms with Gasteiger partial charge in [0.25, 0.3) is 5.91 Å². The van der Waals surface area contributed by atoms with Gasteiger partial charge in [-0.05, 0) is 48.0 Å². The van der Waals surface area contributed by atoms with Gasteiger partial charge in [-0.3, -0.25) is 14.6 Å². The summed E-state index contributed by atoms with van der Waals surface area (Å²) in [4.78, 5) is 32.2. The van der Waals surface area contributed by atoms with Crippen LogP contribution in [0.1, 0.15) is 22.3 Å². The number of pyridine rings is 2. The van der Waals surface area contributed by atoms with Gasteiger partial charge in [-0.1, -0.05) is 29.5 Å². The van der Waals surface area contributed by atoms with Crippen molar-refractivity contribution in [2.75, 3.05) is 6.54 Å². The summed E-state index contributed by atoms with van der Waals surface area (Å²) in [6.07, 6.45) is 1.88. The molecule has 2 aromatic carbocycles. The highest BCUT2D eigenvalue weighted by molar-refractivity contribution is 5.95. The lowest BCUT2D eigenvalue weighted by molar-refractivity contribution is -0.117. The summed E-state index contributed by atoms with van der Waals surface area (Å²) >= 11 is 0. The van der Waals surface area contributed by atoms with Crippen molar-refractivity contribution in [1.82, 2.24) is 30.3 Å². The average molecular weight is 451 g/mol. The number of aromatic nitrogens is 5. The van der Waals surface area contributed by atoms with Crippen LogP contribution in [0.5, 0.6) is 0 Å². The SMILES string of the molecule is NC(=O)CCNC(=O)c1ccc(-c2ccc3nnn(Cc4ccc5ncccc5c4)c3n2)cc1. The standard InChI is InChI=1S/C25H21N7O2/c26-23(33)11-13-28-25(34)18-6-4-17(5-7-18)21-9-10-22-24(29-21)32(31-30-22)15-16-3-8-20-19(14-16)2-1-12-27-20/h1-10,12,14H,11,13,15H2,(H2,26,33)(H,28,34). The van der Waals surface area contributed by atoms with Crippen molar-refractivity contribution in [1.29, 1.82) is 0 Å². The molecule has 3 heterocycles. The Hall–Kier alpha value is -4.66. The summed E-state index contributed by atoms with van der Waals surface area (Å²) < 4.78 is 1.77. The van der Waals surface area contributed by atoms with Gasteiger partial charge < -0.3 is 11.1 Å². The lowest BCUT2D eigenvalue weighted by Crippen LogP contribution is -2.27. The van der Waals surface area contributed by atoms with Crippen LogP contribution in [-0.2, 0) is 11.3 Å². The molecule has 0 unspecified atom stereocenters. The Morgan fingerprint density at radius 2 is 1.79 bits per heavy atom. The molecule has 0 spiro atoms. The van der Waals surface area contributed by atoms with Gasteiger partial charge in [0.2, 0.25) is 5.91 Å². The fraction of sp³-hybridized carbons (Fsp3) is 0.120. The van der Waals surface area contributed by atoms with Crippen molar-refractivity contribution in [3.05, 3.63) is 84.1 Å². The van der Waals surface area contributed by atoms with Gasteiger partial charge >= 0.3 is 0 Å². The van der Waals surface area contributed by atoms with Gasteiger partial charge in [0.1, 0.15) is 5.52 Å². The predicted molar refractivity (Wildman–Crippen MR) is 128 cm³/mol. The molecular formula is C25H21N7O2. The van der Waals surface area contributed by atoms with Gasteiger partial charge in [-0.15, -0.1) is 5.10 Å². The van der Waals surface area contributed by atoms with Crippen LogP contribution in [0.3, 0.4) is 0 Å². The van der Waals surface area contributed by atoms with E-state index < -0.39 is 5.91 Å². The largest absolute Gasteiger partial charge is 0.370 e. The van der Waals surface area contributed by atoms with Gasteiger partial charge in [0.15, 0.2) is 5.65 Å². The molecule has 0 radical (unpaired) electrons. The van der Waals surface area contributed by atoms with Crippen LogP contribution < -0.4 is 11.1 Å². The zero-order valence-corrected chi connectivity index (χ0v) is 18.2. The highest BCUT2D eigenvalue weighted by atomic mass is 16.2. The molecule has 0 saturated carbocycles. The Morgan fingerprint density at radius 3 is 2.62 bits per heavy atom. The summed E-state index contributed by atoms with van der Waals surface area (Å²) in [5, 5.41) is 12.3. The summed E-state index contributed by atoms with van der Waals surface area (Å²) in [6.45, 7) is 0.737. The maximum absolute atomic E-state index is 12.2. The molecular weight excluding hydrogens is 430 g/mol. The van der Waals surface area contributed by atoms with Crippen molar-refractivity contribution in [3.63, 3.8) is 0 Å². The first kappa shape index (κ1) is 21.2. The topological polar surface area (TPSA) is 129 Å². The number of hydrogen-bond acceptors (Lipinski definition) is 6. The van der Waals surface area contributed by atoms with E-state index in [-0.39, 0.29) is 18.9 Å². The number of rotatable bonds is 7. The Bertz CT molecular complexity index is 1510. The quantitative estimate of drug-likeness (QED) is 0.391. The zero-order chi connectivity index (χ0) is 23.5. The summed E-state index contributed by atoms with van der Waals surface area (Å²) in [6, 6.07) is 20.9. The molecule has 0 aliphatic rings. The number of fused-ring (bicyclic) bond motifs is 2. The minimum atomic E-state index is -0.455. The average Bonchev–Trinajstić information content (AvgIpc) is 3.25. The molecule has 5 rings (SSSR count). The minimum Gasteiger partial charge on any atom is -0.370 e. The molecule has 0 fully saturated rings. The maximum Gasteiger partial charge on any atom is 0.251 e. The fourth-order valence-corrected chi connectivity index (χ4v) is 3.71. The van der Waals surface area contributed by atoms with Crippen LogP contribution in [0, 0.1) is 0 Å². The first-order chi connectivity index (χ1) is 16.6. The van der Waals surface area contributed by atoms with E-state index in [0.29, 0.717) is 23.3 Å². The van der Waals surface area contributed by atoms with Crippen LogP contribution in [0.4, 0.5) is 0 Å². The molecule has 0 bridgehead atoms.